The zero-order valence-corrected chi connectivity index (χ0v) is 11.6. The second-order valence-electron chi connectivity index (χ2n) is 4.02. The standard InChI is InChI=1S/C11H16N6OS/c1-3-4-13-11-16-9(12)8(19-11)10(18)15-7-5-14-17(2)6-7/h5-6H,3-4,12H2,1-2H3,(H,13,16)(H,15,18). The van der Waals surface area contributed by atoms with Gasteiger partial charge in [-0.15, -0.1) is 0 Å². The average molecular weight is 280 g/mol. The van der Waals surface area contributed by atoms with E-state index in [2.05, 4.69) is 27.6 Å². The van der Waals surface area contributed by atoms with Crippen molar-refractivity contribution in [2.45, 2.75) is 13.3 Å². The number of nitrogens with one attached hydrogen (secondary N) is 2. The molecule has 0 aliphatic rings. The summed E-state index contributed by atoms with van der Waals surface area (Å²) in [6, 6.07) is 0. The van der Waals surface area contributed by atoms with Crippen molar-refractivity contribution >= 4 is 33.9 Å². The van der Waals surface area contributed by atoms with Crippen LogP contribution in [0.4, 0.5) is 16.6 Å². The van der Waals surface area contributed by atoms with Gasteiger partial charge in [-0.25, -0.2) is 4.98 Å². The lowest BCUT2D eigenvalue weighted by atomic mass is 10.4. The number of carbonyl (C=O) groups excluding carboxylic acids is 1. The number of aromatic nitrogens is 3. The first-order valence-corrected chi connectivity index (χ1v) is 6.72. The molecule has 2 aromatic rings. The highest BCUT2D eigenvalue weighted by Crippen LogP contribution is 2.25. The fraction of sp³-hybridized carbons (Fsp3) is 0.364. The third-order valence-corrected chi connectivity index (χ3v) is 3.38. The maximum Gasteiger partial charge on any atom is 0.269 e. The summed E-state index contributed by atoms with van der Waals surface area (Å²) in [5, 5.41) is 10.5. The Morgan fingerprint density at radius 1 is 1.58 bits per heavy atom. The summed E-state index contributed by atoms with van der Waals surface area (Å²) >= 11 is 1.25. The normalized spacial score (nSPS) is 10.4. The van der Waals surface area contributed by atoms with E-state index >= 15 is 0 Å². The van der Waals surface area contributed by atoms with Crippen LogP contribution >= 0.6 is 11.3 Å². The molecule has 2 heterocycles. The molecule has 0 unspecified atom stereocenters. The molecule has 0 saturated carbocycles. The molecule has 0 bridgehead atoms. The molecule has 0 spiro atoms. The van der Waals surface area contributed by atoms with Gasteiger partial charge in [0.2, 0.25) is 0 Å². The fourth-order valence-corrected chi connectivity index (χ4v) is 2.28. The topological polar surface area (TPSA) is 97.9 Å². The summed E-state index contributed by atoms with van der Waals surface area (Å²) in [7, 11) is 1.78. The fourth-order valence-electron chi connectivity index (χ4n) is 1.48. The molecule has 4 N–H and O–H groups in total. The van der Waals surface area contributed by atoms with Gasteiger partial charge in [0.15, 0.2) is 5.13 Å². The second-order valence-corrected chi connectivity index (χ2v) is 5.02. The minimum Gasteiger partial charge on any atom is -0.382 e. The number of nitrogens with two attached hydrogens (primary N) is 1. The Balaban J connectivity index is 2.08. The highest BCUT2D eigenvalue weighted by molar-refractivity contribution is 7.18. The van der Waals surface area contributed by atoms with Crippen LogP contribution in [-0.4, -0.2) is 27.2 Å². The summed E-state index contributed by atoms with van der Waals surface area (Å²) in [5.41, 5.74) is 6.38. The molecule has 19 heavy (non-hydrogen) atoms. The lowest BCUT2D eigenvalue weighted by Gasteiger charge is -1.99. The molecule has 2 aromatic heterocycles. The number of amides is 1. The van der Waals surface area contributed by atoms with Gasteiger partial charge in [-0.05, 0) is 6.42 Å². The number of nitrogen functional groups attached to an aromatic ring is 1. The molecular formula is C11H16N6OS. The lowest BCUT2D eigenvalue weighted by Crippen LogP contribution is -2.11. The minimum absolute atomic E-state index is 0.241. The minimum atomic E-state index is -0.271. The number of nitrogens with zero attached hydrogens (tertiary/aromatic N) is 3. The SMILES string of the molecule is CCCNc1nc(N)c(C(=O)Nc2cnn(C)c2)s1. The molecule has 1 amide bonds. The number of carbonyl (C=O) groups is 1. The van der Waals surface area contributed by atoms with Crippen LogP contribution in [-0.2, 0) is 7.05 Å². The monoisotopic (exact) mass is 280 g/mol. The smallest absolute Gasteiger partial charge is 0.269 e. The molecule has 7 nitrogen and oxygen atoms in total. The van der Waals surface area contributed by atoms with Crippen molar-refractivity contribution in [1.29, 1.82) is 0 Å². The van der Waals surface area contributed by atoms with Crippen LogP contribution in [0.25, 0.3) is 0 Å². The van der Waals surface area contributed by atoms with Crippen molar-refractivity contribution in [3.63, 3.8) is 0 Å². The van der Waals surface area contributed by atoms with Gasteiger partial charge in [-0.1, -0.05) is 18.3 Å². The van der Waals surface area contributed by atoms with Crippen LogP contribution in [0.3, 0.4) is 0 Å². The van der Waals surface area contributed by atoms with Gasteiger partial charge in [0, 0.05) is 19.8 Å². The molecule has 2 rings (SSSR count). The number of hydrogen-bond donors (Lipinski definition) is 3. The Morgan fingerprint density at radius 2 is 2.37 bits per heavy atom. The van der Waals surface area contributed by atoms with Gasteiger partial charge < -0.3 is 16.4 Å². The van der Waals surface area contributed by atoms with Gasteiger partial charge in [-0.3, -0.25) is 9.48 Å². The number of rotatable bonds is 5. The summed E-state index contributed by atoms with van der Waals surface area (Å²) in [6.07, 6.45) is 4.27. The summed E-state index contributed by atoms with van der Waals surface area (Å²) in [4.78, 5) is 16.6. The van der Waals surface area contributed by atoms with Crippen LogP contribution in [0, 0.1) is 0 Å². The third-order valence-electron chi connectivity index (χ3n) is 2.35. The molecule has 0 atom stereocenters. The largest absolute Gasteiger partial charge is 0.382 e. The number of hydrogen-bond acceptors (Lipinski definition) is 6. The first-order chi connectivity index (χ1) is 9.10. The van der Waals surface area contributed by atoms with Gasteiger partial charge in [0.1, 0.15) is 10.7 Å². The van der Waals surface area contributed by atoms with E-state index in [1.54, 1.807) is 24.1 Å². The van der Waals surface area contributed by atoms with Crippen LogP contribution in [0.5, 0.6) is 0 Å². The first-order valence-electron chi connectivity index (χ1n) is 5.90. The Hall–Kier alpha value is -2.09. The highest BCUT2D eigenvalue weighted by atomic mass is 32.1. The molecule has 102 valence electrons. The van der Waals surface area contributed by atoms with Crippen LogP contribution in [0.2, 0.25) is 0 Å². The third kappa shape index (κ3) is 3.22. The molecule has 0 fully saturated rings. The van der Waals surface area contributed by atoms with E-state index in [9.17, 15) is 4.79 Å². The zero-order valence-electron chi connectivity index (χ0n) is 10.8. The molecule has 0 radical (unpaired) electrons. The first kappa shape index (κ1) is 13.3. The van der Waals surface area contributed by atoms with Crippen molar-refractivity contribution in [2.75, 3.05) is 22.9 Å². The van der Waals surface area contributed by atoms with E-state index in [1.807, 2.05) is 0 Å². The Kier molecular flexibility index (Phi) is 4.00. The number of thiazole rings is 1. The van der Waals surface area contributed by atoms with E-state index in [0.717, 1.165) is 13.0 Å². The van der Waals surface area contributed by atoms with Crippen molar-refractivity contribution in [1.82, 2.24) is 14.8 Å². The van der Waals surface area contributed by atoms with Gasteiger partial charge in [0.05, 0.1) is 11.9 Å². The lowest BCUT2D eigenvalue weighted by molar-refractivity contribution is 0.103. The quantitative estimate of drug-likeness (QED) is 0.771. The Labute approximate surface area is 114 Å². The van der Waals surface area contributed by atoms with Crippen molar-refractivity contribution in [3.8, 4) is 0 Å². The van der Waals surface area contributed by atoms with Gasteiger partial charge in [-0.2, -0.15) is 5.10 Å². The van der Waals surface area contributed by atoms with Crippen LogP contribution in [0.1, 0.15) is 23.0 Å². The molecule has 8 heteroatoms. The van der Waals surface area contributed by atoms with Gasteiger partial charge in [0.25, 0.3) is 5.91 Å². The molecule has 0 aliphatic heterocycles. The van der Waals surface area contributed by atoms with E-state index in [4.69, 9.17) is 5.73 Å². The molecular weight excluding hydrogens is 264 g/mol. The molecule has 0 aliphatic carbocycles. The van der Waals surface area contributed by atoms with E-state index < -0.39 is 0 Å². The van der Waals surface area contributed by atoms with Crippen molar-refractivity contribution in [3.05, 3.63) is 17.3 Å². The second kappa shape index (κ2) is 5.70. The number of aryl methyl sites for hydroxylation is 1. The molecule has 0 saturated heterocycles. The predicted octanol–water partition coefficient (Wildman–Crippen LogP) is 1.53. The maximum absolute atomic E-state index is 12.0. The van der Waals surface area contributed by atoms with Crippen LogP contribution < -0.4 is 16.4 Å². The summed E-state index contributed by atoms with van der Waals surface area (Å²) in [5.74, 6) is -0.0301. The van der Waals surface area contributed by atoms with Gasteiger partial charge >= 0.3 is 0 Å². The Bertz CT molecular complexity index is 576. The number of anilines is 3. The zero-order chi connectivity index (χ0) is 13.8. The Morgan fingerprint density at radius 3 is 3.00 bits per heavy atom. The average Bonchev–Trinajstić information content (AvgIpc) is 2.93. The van der Waals surface area contributed by atoms with E-state index in [0.29, 0.717) is 15.7 Å². The van der Waals surface area contributed by atoms with Crippen molar-refractivity contribution in [2.24, 2.45) is 7.05 Å². The van der Waals surface area contributed by atoms with Crippen LogP contribution in [0.15, 0.2) is 12.4 Å². The highest BCUT2D eigenvalue weighted by Gasteiger charge is 2.16. The predicted molar refractivity (Wildman–Crippen MR) is 76.5 cm³/mol. The summed E-state index contributed by atoms with van der Waals surface area (Å²) < 4.78 is 1.61. The van der Waals surface area contributed by atoms with E-state index in [1.165, 1.54) is 11.3 Å². The summed E-state index contributed by atoms with van der Waals surface area (Å²) in [6.45, 7) is 2.86. The van der Waals surface area contributed by atoms with Crippen molar-refractivity contribution < 1.29 is 4.79 Å². The maximum atomic E-state index is 12.0. The molecule has 0 aromatic carbocycles. The van der Waals surface area contributed by atoms with E-state index in [-0.39, 0.29) is 11.7 Å².